The molecule has 6 nitrogen and oxygen atoms in total. The number of aromatic amines is 1. The van der Waals surface area contributed by atoms with Gasteiger partial charge in [-0.05, 0) is 35.9 Å². The number of nitrogens with zero attached hydrogens (tertiary/aromatic N) is 4. The van der Waals surface area contributed by atoms with E-state index in [1.807, 2.05) is 36.0 Å². The molecule has 5 rings (SSSR count). The van der Waals surface area contributed by atoms with Crippen LogP contribution in [0.5, 0.6) is 0 Å². The molecular weight excluding hydrogens is 369 g/mol. The van der Waals surface area contributed by atoms with Crippen LogP contribution in [0.1, 0.15) is 16.8 Å². The Hall–Kier alpha value is -3.32. The van der Waals surface area contributed by atoms with Crippen molar-refractivity contribution in [2.45, 2.75) is 19.5 Å². The minimum Gasteiger partial charge on any atom is -0.350 e. The molecule has 146 valence electrons. The summed E-state index contributed by atoms with van der Waals surface area (Å²) in [5.41, 5.74) is 4.12. The van der Waals surface area contributed by atoms with Gasteiger partial charge in [0, 0.05) is 56.4 Å². The summed E-state index contributed by atoms with van der Waals surface area (Å²) in [5.74, 6) is 0.268. The van der Waals surface area contributed by atoms with E-state index in [2.05, 4.69) is 19.9 Å². The Balaban J connectivity index is 1.43. The van der Waals surface area contributed by atoms with Gasteiger partial charge in [-0.15, -0.1) is 0 Å². The Kier molecular flexibility index (Phi) is 4.24. The highest BCUT2D eigenvalue weighted by molar-refractivity contribution is 5.84. The molecule has 0 saturated heterocycles. The molecule has 1 N–H and O–H groups in total. The molecule has 0 radical (unpaired) electrons. The number of hydrogen-bond donors (Lipinski definition) is 1. The minimum atomic E-state index is -0.239. The van der Waals surface area contributed by atoms with Crippen LogP contribution in [0.25, 0.3) is 22.4 Å². The number of pyridine rings is 1. The third-order valence-electron chi connectivity index (χ3n) is 5.48. The Bertz CT molecular complexity index is 1260. The van der Waals surface area contributed by atoms with E-state index in [0.29, 0.717) is 36.6 Å². The number of halogens is 1. The predicted octanol–water partition coefficient (Wildman–Crippen LogP) is 3.02. The molecular formula is C22H20FN5O. The van der Waals surface area contributed by atoms with E-state index in [1.54, 1.807) is 18.3 Å². The van der Waals surface area contributed by atoms with Crippen molar-refractivity contribution in [1.82, 2.24) is 24.4 Å². The highest BCUT2D eigenvalue weighted by atomic mass is 19.1. The second kappa shape index (κ2) is 6.93. The molecule has 1 aliphatic rings. The largest absolute Gasteiger partial charge is 0.350 e. The normalized spacial score (nSPS) is 14.3. The average molecular weight is 389 g/mol. The zero-order valence-electron chi connectivity index (χ0n) is 16.0. The molecule has 0 aliphatic carbocycles. The minimum absolute atomic E-state index is 0.121. The maximum atomic E-state index is 13.8. The summed E-state index contributed by atoms with van der Waals surface area (Å²) < 4.78 is 15.8. The molecule has 0 bridgehead atoms. The lowest BCUT2D eigenvalue weighted by Gasteiger charge is -2.27. The first-order valence-corrected chi connectivity index (χ1v) is 9.58. The van der Waals surface area contributed by atoms with Crippen molar-refractivity contribution in [3.05, 3.63) is 81.8 Å². The number of hydrogen-bond acceptors (Lipinski definition) is 4. The third-order valence-corrected chi connectivity index (χ3v) is 5.48. The molecule has 0 saturated carbocycles. The van der Waals surface area contributed by atoms with Crippen molar-refractivity contribution in [3.63, 3.8) is 0 Å². The van der Waals surface area contributed by atoms with E-state index in [4.69, 9.17) is 0 Å². The number of benzene rings is 1. The van der Waals surface area contributed by atoms with E-state index in [9.17, 15) is 9.18 Å². The topological polar surface area (TPSA) is 66.8 Å². The number of nitrogens with one attached hydrogen (secondary N) is 1. The summed E-state index contributed by atoms with van der Waals surface area (Å²) in [4.78, 5) is 26.7. The van der Waals surface area contributed by atoms with Gasteiger partial charge >= 0.3 is 0 Å². The van der Waals surface area contributed by atoms with Gasteiger partial charge in [0.1, 0.15) is 11.5 Å². The van der Waals surface area contributed by atoms with Crippen LogP contribution in [0, 0.1) is 5.82 Å². The summed E-state index contributed by atoms with van der Waals surface area (Å²) in [7, 11) is 1.96. The first kappa shape index (κ1) is 17.8. The Morgan fingerprint density at radius 3 is 2.97 bits per heavy atom. The molecule has 4 heterocycles. The van der Waals surface area contributed by atoms with Gasteiger partial charge in [0.15, 0.2) is 5.82 Å². The van der Waals surface area contributed by atoms with Crippen molar-refractivity contribution < 1.29 is 4.39 Å². The first-order valence-electron chi connectivity index (χ1n) is 9.58. The van der Waals surface area contributed by atoms with Crippen molar-refractivity contribution in [2.75, 3.05) is 6.54 Å². The number of aryl methyl sites for hydroxylation is 1. The van der Waals surface area contributed by atoms with Gasteiger partial charge in [0.2, 0.25) is 0 Å². The van der Waals surface area contributed by atoms with Gasteiger partial charge in [-0.2, -0.15) is 0 Å². The quantitative estimate of drug-likeness (QED) is 0.585. The number of aromatic nitrogens is 4. The van der Waals surface area contributed by atoms with Gasteiger partial charge in [-0.3, -0.25) is 14.7 Å². The fourth-order valence-corrected chi connectivity index (χ4v) is 4.05. The van der Waals surface area contributed by atoms with E-state index < -0.39 is 0 Å². The highest BCUT2D eigenvalue weighted by Crippen LogP contribution is 2.25. The monoisotopic (exact) mass is 389 g/mol. The summed E-state index contributed by atoms with van der Waals surface area (Å²) in [6, 6.07) is 10.4. The van der Waals surface area contributed by atoms with Crippen LogP contribution < -0.4 is 5.56 Å². The lowest BCUT2D eigenvalue weighted by molar-refractivity contribution is 0.242. The van der Waals surface area contributed by atoms with Gasteiger partial charge in [0.05, 0.1) is 11.3 Å². The molecule has 1 aliphatic heterocycles. The molecule has 4 aromatic rings. The van der Waals surface area contributed by atoms with Crippen molar-refractivity contribution >= 4 is 10.9 Å². The molecule has 0 atom stereocenters. The van der Waals surface area contributed by atoms with Crippen molar-refractivity contribution in [2.24, 2.45) is 7.05 Å². The lowest BCUT2D eigenvalue weighted by atomic mass is 10.1. The van der Waals surface area contributed by atoms with E-state index >= 15 is 0 Å². The Labute approximate surface area is 166 Å². The molecule has 29 heavy (non-hydrogen) atoms. The second-order valence-electron chi connectivity index (χ2n) is 7.44. The Morgan fingerprint density at radius 1 is 1.24 bits per heavy atom. The summed E-state index contributed by atoms with van der Waals surface area (Å²) >= 11 is 0. The van der Waals surface area contributed by atoms with Crippen LogP contribution in [-0.2, 0) is 26.6 Å². The molecule has 0 fully saturated rings. The molecule has 0 spiro atoms. The van der Waals surface area contributed by atoms with Gasteiger partial charge in [-0.25, -0.2) is 9.37 Å². The smallest absolute Gasteiger partial charge is 0.255 e. The number of rotatable bonds is 3. The van der Waals surface area contributed by atoms with Crippen LogP contribution in [0.15, 0.2) is 53.6 Å². The van der Waals surface area contributed by atoms with Crippen molar-refractivity contribution in [3.8, 4) is 11.5 Å². The molecule has 0 unspecified atom stereocenters. The molecule has 1 aromatic carbocycles. The maximum absolute atomic E-state index is 13.8. The SMILES string of the molecule is Cn1cc(CN2CCc3nc(-c4ccccn4)[nH]c(=O)c3C2)c2cc(F)ccc21. The van der Waals surface area contributed by atoms with Crippen LogP contribution in [-0.4, -0.2) is 31.0 Å². The maximum Gasteiger partial charge on any atom is 0.255 e. The fraction of sp³-hybridized carbons (Fsp3) is 0.227. The predicted molar refractivity (Wildman–Crippen MR) is 109 cm³/mol. The fourth-order valence-electron chi connectivity index (χ4n) is 4.05. The second-order valence-corrected chi connectivity index (χ2v) is 7.44. The standard InChI is InChI=1S/C22H20FN5O/c1-27-11-14(16-10-15(23)5-6-20(16)27)12-28-9-7-18-17(13-28)22(29)26-21(25-18)19-4-2-3-8-24-19/h2-6,8,10-11H,7,9,12-13H2,1H3,(H,25,26,29). The van der Waals surface area contributed by atoms with Crippen molar-refractivity contribution in [1.29, 1.82) is 0 Å². The van der Waals surface area contributed by atoms with Gasteiger partial charge in [-0.1, -0.05) is 6.07 Å². The number of fused-ring (bicyclic) bond motifs is 2. The zero-order chi connectivity index (χ0) is 20.0. The third kappa shape index (κ3) is 3.23. The zero-order valence-corrected chi connectivity index (χ0v) is 16.0. The van der Waals surface area contributed by atoms with E-state index in [0.717, 1.165) is 28.7 Å². The van der Waals surface area contributed by atoms with Crippen LogP contribution >= 0.6 is 0 Å². The summed E-state index contributed by atoms with van der Waals surface area (Å²) in [6.45, 7) is 1.96. The van der Waals surface area contributed by atoms with Crippen LogP contribution in [0.2, 0.25) is 0 Å². The van der Waals surface area contributed by atoms with Crippen LogP contribution in [0.3, 0.4) is 0 Å². The lowest BCUT2D eigenvalue weighted by Crippen LogP contribution is -2.35. The van der Waals surface area contributed by atoms with Gasteiger partial charge in [0.25, 0.3) is 5.56 Å². The molecule has 7 heteroatoms. The molecule has 3 aromatic heterocycles. The molecule has 0 amide bonds. The van der Waals surface area contributed by atoms with E-state index in [-0.39, 0.29) is 11.4 Å². The summed E-state index contributed by atoms with van der Waals surface area (Å²) in [6.07, 6.45) is 4.41. The Morgan fingerprint density at radius 2 is 2.14 bits per heavy atom. The average Bonchev–Trinajstić information content (AvgIpc) is 3.03. The highest BCUT2D eigenvalue weighted by Gasteiger charge is 2.23. The number of H-pyrrole nitrogens is 1. The van der Waals surface area contributed by atoms with Crippen LogP contribution in [0.4, 0.5) is 4.39 Å². The van der Waals surface area contributed by atoms with Gasteiger partial charge < -0.3 is 9.55 Å². The summed E-state index contributed by atoms with van der Waals surface area (Å²) in [5, 5.41) is 0.913. The first-order chi connectivity index (χ1) is 14.1. The van der Waals surface area contributed by atoms with E-state index in [1.165, 1.54) is 6.07 Å².